The summed E-state index contributed by atoms with van der Waals surface area (Å²) in [6.45, 7) is 3.05. The third-order valence-corrected chi connectivity index (χ3v) is 7.00. The topological polar surface area (TPSA) is 55.8 Å². The number of fused-ring (bicyclic) bond motifs is 1. The molecule has 0 radical (unpaired) electrons. The van der Waals surface area contributed by atoms with Crippen LogP contribution in [0, 0.1) is 5.92 Å². The number of aromatic nitrogens is 1. The maximum Gasteiger partial charge on any atom is 0.163 e. The molecule has 0 amide bonds. The number of likely N-dealkylation sites (tertiary alicyclic amines) is 1. The summed E-state index contributed by atoms with van der Waals surface area (Å²) in [4.78, 5) is 6.94. The quantitative estimate of drug-likeness (QED) is 0.324. The minimum absolute atomic E-state index is 0.455. The zero-order chi connectivity index (χ0) is 24.1. The van der Waals surface area contributed by atoms with Crippen molar-refractivity contribution in [3.63, 3.8) is 0 Å². The fourth-order valence-electron chi connectivity index (χ4n) is 4.37. The van der Waals surface area contributed by atoms with Gasteiger partial charge in [0.15, 0.2) is 11.5 Å². The number of ether oxygens (including phenoxy) is 3. The SMILES string of the molecule is COc1cc(Nc2ccnc3cc(OCCCC4CCN(C)CC4)c(OC)cc23)c(Cl)cc1Cl. The lowest BCUT2D eigenvalue weighted by Crippen LogP contribution is -2.30. The molecule has 1 fully saturated rings. The highest BCUT2D eigenvalue weighted by atomic mass is 35.5. The van der Waals surface area contributed by atoms with Crippen LogP contribution in [0.25, 0.3) is 10.9 Å². The molecule has 6 nitrogen and oxygen atoms in total. The molecule has 0 saturated carbocycles. The molecule has 0 unspecified atom stereocenters. The normalized spacial score (nSPS) is 14.9. The summed E-state index contributed by atoms with van der Waals surface area (Å²) in [6, 6.07) is 9.19. The Hall–Kier alpha value is -2.41. The Bertz CT molecular complexity index is 1130. The minimum atomic E-state index is 0.455. The summed E-state index contributed by atoms with van der Waals surface area (Å²) in [6.07, 6.45) is 6.53. The Morgan fingerprint density at radius 1 is 0.971 bits per heavy atom. The number of methoxy groups -OCH3 is 2. The molecule has 2 aromatic carbocycles. The van der Waals surface area contributed by atoms with Crippen LogP contribution in [0.1, 0.15) is 25.7 Å². The first-order valence-electron chi connectivity index (χ1n) is 11.6. The van der Waals surface area contributed by atoms with Crippen LogP contribution in [-0.4, -0.2) is 50.8 Å². The molecule has 0 aliphatic carbocycles. The summed E-state index contributed by atoms with van der Waals surface area (Å²) >= 11 is 12.6. The van der Waals surface area contributed by atoms with E-state index in [1.807, 2.05) is 18.2 Å². The number of pyridine rings is 1. The summed E-state index contributed by atoms with van der Waals surface area (Å²) in [7, 11) is 5.42. The fraction of sp³-hybridized carbons (Fsp3) is 0.423. The molecule has 1 aromatic heterocycles. The predicted octanol–water partition coefficient (Wildman–Crippen LogP) is 6.80. The van der Waals surface area contributed by atoms with Crippen molar-refractivity contribution in [2.24, 2.45) is 5.92 Å². The zero-order valence-electron chi connectivity index (χ0n) is 19.9. The molecule has 0 atom stereocenters. The molecule has 34 heavy (non-hydrogen) atoms. The van der Waals surface area contributed by atoms with E-state index < -0.39 is 0 Å². The highest BCUT2D eigenvalue weighted by Gasteiger charge is 2.17. The van der Waals surface area contributed by atoms with Gasteiger partial charge in [0.25, 0.3) is 0 Å². The van der Waals surface area contributed by atoms with E-state index in [2.05, 4.69) is 22.2 Å². The van der Waals surface area contributed by atoms with Gasteiger partial charge in [-0.1, -0.05) is 23.2 Å². The van der Waals surface area contributed by atoms with Gasteiger partial charge >= 0.3 is 0 Å². The second-order valence-corrected chi connectivity index (χ2v) is 9.52. The maximum absolute atomic E-state index is 6.41. The van der Waals surface area contributed by atoms with Crippen molar-refractivity contribution in [1.29, 1.82) is 0 Å². The number of hydrogen-bond acceptors (Lipinski definition) is 6. The first-order valence-corrected chi connectivity index (χ1v) is 12.3. The maximum atomic E-state index is 6.41. The van der Waals surface area contributed by atoms with Gasteiger partial charge in [-0.25, -0.2) is 0 Å². The molecule has 8 heteroatoms. The van der Waals surface area contributed by atoms with Gasteiger partial charge in [-0.2, -0.15) is 0 Å². The largest absolute Gasteiger partial charge is 0.495 e. The Morgan fingerprint density at radius 3 is 2.47 bits per heavy atom. The molecule has 0 bridgehead atoms. The van der Waals surface area contributed by atoms with Crippen LogP contribution in [0.3, 0.4) is 0 Å². The fourth-order valence-corrected chi connectivity index (χ4v) is 4.87. The molecule has 1 aliphatic heterocycles. The average molecular weight is 504 g/mol. The van der Waals surface area contributed by atoms with E-state index in [1.54, 1.807) is 32.5 Å². The van der Waals surface area contributed by atoms with Crippen LogP contribution >= 0.6 is 23.2 Å². The summed E-state index contributed by atoms with van der Waals surface area (Å²) in [5, 5.41) is 5.21. The predicted molar refractivity (Wildman–Crippen MR) is 140 cm³/mol. The number of rotatable bonds is 9. The van der Waals surface area contributed by atoms with Gasteiger partial charge in [-0.15, -0.1) is 0 Å². The lowest BCUT2D eigenvalue weighted by molar-refractivity contribution is 0.199. The third-order valence-electron chi connectivity index (χ3n) is 6.39. The lowest BCUT2D eigenvalue weighted by Gasteiger charge is -2.28. The number of halogens is 2. The van der Waals surface area contributed by atoms with Crippen molar-refractivity contribution in [2.75, 3.05) is 46.3 Å². The summed E-state index contributed by atoms with van der Waals surface area (Å²) < 4.78 is 17.1. The monoisotopic (exact) mass is 503 g/mol. The summed E-state index contributed by atoms with van der Waals surface area (Å²) in [5.74, 6) is 2.71. The number of nitrogens with one attached hydrogen (secondary N) is 1. The first-order chi connectivity index (χ1) is 16.5. The molecular weight excluding hydrogens is 473 g/mol. The average Bonchev–Trinajstić information content (AvgIpc) is 2.84. The molecule has 2 heterocycles. The lowest BCUT2D eigenvalue weighted by atomic mass is 9.93. The number of nitrogens with zero attached hydrogens (tertiary/aromatic N) is 2. The Morgan fingerprint density at radius 2 is 1.74 bits per heavy atom. The molecular formula is C26H31Cl2N3O3. The smallest absolute Gasteiger partial charge is 0.163 e. The van der Waals surface area contributed by atoms with Crippen LogP contribution in [0.5, 0.6) is 17.2 Å². The number of hydrogen-bond donors (Lipinski definition) is 1. The van der Waals surface area contributed by atoms with E-state index in [4.69, 9.17) is 37.4 Å². The van der Waals surface area contributed by atoms with Gasteiger partial charge < -0.3 is 24.4 Å². The molecule has 1 saturated heterocycles. The minimum Gasteiger partial charge on any atom is -0.495 e. The van der Waals surface area contributed by atoms with Gasteiger partial charge in [-0.05, 0) is 69.9 Å². The van der Waals surface area contributed by atoms with Gasteiger partial charge in [0.2, 0.25) is 0 Å². The van der Waals surface area contributed by atoms with Crippen LogP contribution in [-0.2, 0) is 0 Å². The van der Waals surface area contributed by atoms with Gasteiger partial charge in [0.1, 0.15) is 5.75 Å². The Labute approximate surface area is 211 Å². The van der Waals surface area contributed by atoms with Gasteiger partial charge in [0.05, 0.1) is 42.1 Å². The summed E-state index contributed by atoms with van der Waals surface area (Å²) in [5.41, 5.74) is 2.32. The third kappa shape index (κ3) is 5.80. The highest BCUT2D eigenvalue weighted by Crippen LogP contribution is 2.39. The van der Waals surface area contributed by atoms with Crippen molar-refractivity contribution < 1.29 is 14.2 Å². The van der Waals surface area contributed by atoms with E-state index in [0.717, 1.165) is 28.9 Å². The first kappa shape index (κ1) is 24.7. The van der Waals surface area contributed by atoms with E-state index in [-0.39, 0.29) is 0 Å². The molecule has 0 spiro atoms. The second kappa shape index (κ2) is 11.3. The standard InChI is InChI=1S/C26H31Cl2N3O3/c1-31-10-7-17(8-11-31)5-4-12-34-26-15-22-18(13-25(26)33-3)21(6-9-29-22)30-23-16-24(32-2)20(28)14-19(23)27/h6,9,13-17H,4-5,7-8,10-12H2,1-3H3,(H,29,30). The van der Waals surface area contributed by atoms with E-state index >= 15 is 0 Å². The highest BCUT2D eigenvalue weighted by molar-refractivity contribution is 6.37. The number of benzene rings is 2. The molecule has 1 aliphatic rings. The zero-order valence-corrected chi connectivity index (χ0v) is 21.4. The molecule has 1 N–H and O–H groups in total. The van der Waals surface area contributed by atoms with Crippen molar-refractivity contribution in [1.82, 2.24) is 9.88 Å². The number of anilines is 2. The van der Waals surface area contributed by atoms with Crippen LogP contribution in [0.4, 0.5) is 11.4 Å². The van der Waals surface area contributed by atoms with E-state index in [0.29, 0.717) is 39.6 Å². The second-order valence-electron chi connectivity index (χ2n) is 8.71. The van der Waals surface area contributed by atoms with Crippen molar-refractivity contribution >= 4 is 45.5 Å². The van der Waals surface area contributed by atoms with Gasteiger partial charge in [0, 0.05) is 29.4 Å². The molecule has 3 aromatic rings. The molecule has 182 valence electrons. The van der Waals surface area contributed by atoms with Crippen molar-refractivity contribution in [3.05, 3.63) is 46.6 Å². The molecule has 4 rings (SSSR count). The van der Waals surface area contributed by atoms with Gasteiger partial charge in [-0.3, -0.25) is 4.98 Å². The van der Waals surface area contributed by atoms with Crippen molar-refractivity contribution in [2.45, 2.75) is 25.7 Å². The van der Waals surface area contributed by atoms with Crippen LogP contribution < -0.4 is 19.5 Å². The Balaban J connectivity index is 1.49. The van der Waals surface area contributed by atoms with Crippen LogP contribution in [0.15, 0.2) is 36.5 Å². The Kier molecular flexibility index (Phi) is 8.24. The van der Waals surface area contributed by atoms with Crippen molar-refractivity contribution in [3.8, 4) is 17.2 Å². The number of piperidine rings is 1. The van der Waals surface area contributed by atoms with E-state index in [9.17, 15) is 0 Å². The van der Waals surface area contributed by atoms with E-state index in [1.165, 1.54) is 32.4 Å². The van der Waals surface area contributed by atoms with Crippen LogP contribution in [0.2, 0.25) is 10.0 Å².